The Kier molecular flexibility index (Phi) is 7.13. The summed E-state index contributed by atoms with van der Waals surface area (Å²) in [6.45, 7) is 2.36. The van der Waals surface area contributed by atoms with Gasteiger partial charge in [-0.25, -0.2) is 0 Å². The molecular formula is C36H35Cl2N3O6. The molecule has 244 valence electrons. The zero-order valence-electron chi connectivity index (χ0n) is 25.9. The lowest BCUT2D eigenvalue weighted by Gasteiger charge is -2.51. The summed E-state index contributed by atoms with van der Waals surface area (Å²) in [5.74, 6) is -3.70. The van der Waals surface area contributed by atoms with Gasteiger partial charge in [0.05, 0.1) is 18.1 Å². The van der Waals surface area contributed by atoms with E-state index in [1.54, 1.807) is 18.4 Å². The Balaban J connectivity index is 1.11. The number of aromatic hydroxyl groups is 1. The number of carbonyl (C=O) groups excluding carboxylic acids is 4. The van der Waals surface area contributed by atoms with Crippen LogP contribution in [0, 0.1) is 23.7 Å². The molecule has 6 atom stereocenters. The number of piperidine rings is 1. The Labute approximate surface area is 282 Å². The van der Waals surface area contributed by atoms with E-state index in [-0.39, 0.29) is 30.0 Å². The van der Waals surface area contributed by atoms with Gasteiger partial charge in [0, 0.05) is 50.6 Å². The van der Waals surface area contributed by atoms with Crippen LogP contribution in [0.1, 0.15) is 36.8 Å². The van der Waals surface area contributed by atoms with E-state index >= 15 is 0 Å². The first-order valence-electron chi connectivity index (χ1n) is 16.2. The molecular weight excluding hydrogens is 641 g/mol. The van der Waals surface area contributed by atoms with E-state index in [0.717, 1.165) is 30.1 Å². The van der Waals surface area contributed by atoms with Gasteiger partial charge in [0.2, 0.25) is 11.8 Å². The lowest BCUT2D eigenvalue weighted by Crippen LogP contribution is -2.61. The molecule has 1 saturated carbocycles. The highest BCUT2D eigenvalue weighted by Crippen LogP contribution is 2.64. The monoisotopic (exact) mass is 675 g/mol. The van der Waals surface area contributed by atoms with Crippen LogP contribution < -0.4 is 4.74 Å². The minimum Gasteiger partial charge on any atom is -0.508 e. The molecule has 4 heterocycles. The molecule has 11 heteroatoms. The van der Waals surface area contributed by atoms with Crippen molar-refractivity contribution in [2.75, 3.05) is 20.1 Å². The molecule has 6 aliphatic rings. The Bertz CT molecular complexity index is 1770. The second-order valence-electron chi connectivity index (χ2n) is 13.8. The minimum absolute atomic E-state index is 0.0373. The number of alkyl halides is 2. The summed E-state index contributed by atoms with van der Waals surface area (Å²) in [5, 5.41) is 10.2. The normalized spacial score (nSPS) is 33.9. The average Bonchev–Trinajstić information content (AvgIpc) is 3.40. The smallest absolute Gasteiger partial charge is 0.253 e. The molecule has 9 nitrogen and oxygen atoms in total. The van der Waals surface area contributed by atoms with Crippen molar-refractivity contribution < 1.29 is 29.0 Å². The van der Waals surface area contributed by atoms with Crippen molar-refractivity contribution >= 4 is 46.8 Å². The second-order valence-corrected chi connectivity index (χ2v) is 15.1. The summed E-state index contributed by atoms with van der Waals surface area (Å²) in [7, 11) is 1.38. The van der Waals surface area contributed by atoms with Crippen LogP contribution in [-0.4, -0.2) is 79.4 Å². The summed E-state index contributed by atoms with van der Waals surface area (Å²) in [5.41, 5.74) is 3.29. The Morgan fingerprint density at radius 3 is 2.45 bits per heavy atom. The highest BCUT2D eigenvalue weighted by Gasteiger charge is 2.76. The van der Waals surface area contributed by atoms with E-state index in [9.17, 15) is 24.3 Å². The van der Waals surface area contributed by atoms with Gasteiger partial charge < -0.3 is 9.84 Å². The molecule has 2 aromatic rings. The molecule has 0 unspecified atom stereocenters. The maximum atomic E-state index is 14.4. The van der Waals surface area contributed by atoms with E-state index in [1.165, 1.54) is 23.6 Å². The number of halogens is 2. The molecule has 8 rings (SSSR count). The quantitative estimate of drug-likeness (QED) is 0.291. The van der Waals surface area contributed by atoms with Gasteiger partial charge in [-0.3, -0.25) is 33.9 Å². The zero-order chi connectivity index (χ0) is 32.8. The van der Waals surface area contributed by atoms with E-state index < -0.39 is 45.2 Å². The number of fused-ring (bicyclic) bond motifs is 5. The first kappa shape index (κ1) is 30.7. The number of benzene rings is 2. The van der Waals surface area contributed by atoms with Gasteiger partial charge in [0.15, 0.2) is 9.75 Å². The molecule has 0 spiro atoms. The van der Waals surface area contributed by atoms with Crippen molar-refractivity contribution in [3.05, 3.63) is 83.1 Å². The standard InChI is InChI=1S/C36H35Cl2N3O6/c1-39-33(45)35(37)17-27-25(30(36(35,38)34(39)46)22-15-21-16-24(42)7-10-28(21)47-19-22)8-9-26-29(27)32(44)41(31(26)43)23-11-13-40(14-12-23)18-20-5-3-2-4-6-20/h2-8,10,16,19,23,26-27,29-30,42H,9,11-15,17-18H2,1H3/t26-,27+,29-,30-,35+,36-/m0/s1. The van der Waals surface area contributed by atoms with E-state index in [4.69, 9.17) is 27.9 Å². The largest absolute Gasteiger partial charge is 0.508 e. The van der Waals surface area contributed by atoms with Crippen LogP contribution in [0.15, 0.2) is 72.0 Å². The number of carbonyl (C=O) groups is 4. The third-order valence-corrected chi connectivity index (χ3v) is 12.8. The minimum atomic E-state index is -1.87. The molecule has 3 saturated heterocycles. The second kappa shape index (κ2) is 10.9. The number of hydrogen-bond acceptors (Lipinski definition) is 7. The van der Waals surface area contributed by atoms with Gasteiger partial charge in [0.25, 0.3) is 11.8 Å². The van der Waals surface area contributed by atoms with E-state index in [0.29, 0.717) is 42.6 Å². The molecule has 4 amide bonds. The Morgan fingerprint density at radius 1 is 0.957 bits per heavy atom. The number of likely N-dealkylation sites (tertiary alicyclic amines) is 3. The number of imide groups is 2. The summed E-state index contributed by atoms with van der Waals surface area (Å²) in [4.78, 5) is 57.2. The highest BCUT2D eigenvalue weighted by atomic mass is 35.5. The van der Waals surface area contributed by atoms with E-state index in [1.807, 2.05) is 24.3 Å². The first-order valence-corrected chi connectivity index (χ1v) is 17.0. The number of ether oxygens (including phenoxy) is 1. The number of allylic oxidation sites excluding steroid dienone is 3. The molecule has 4 aliphatic heterocycles. The molecule has 2 aromatic carbocycles. The predicted molar refractivity (Wildman–Crippen MR) is 173 cm³/mol. The molecule has 0 bridgehead atoms. The molecule has 47 heavy (non-hydrogen) atoms. The number of phenolic OH excluding ortho intramolecular Hbond substituents is 1. The lowest BCUT2D eigenvalue weighted by molar-refractivity contribution is -0.144. The molecule has 0 radical (unpaired) electrons. The van der Waals surface area contributed by atoms with Crippen molar-refractivity contribution in [3.63, 3.8) is 0 Å². The summed E-state index contributed by atoms with van der Waals surface area (Å²) >= 11 is 14.6. The van der Waals surface area contributed by atoms with Crippen LogP contribution in [0.25, 0.3) is 0 Å². The van der Waals surface area contributed by atoms with Gasteiger partial charge in [-0.05, 0) is 60.9 Å². The van der Waals surface area contributed by atoms with Crippen molar-refractivity contribution in [1.29, 1.82) is 0 Å². The van der Waals surface area contributed by atoms with Gasteiger partial charge in [0.1, 0.15) is 11.5 Å². The fraction of sp³-hybridized carbons (Fsp3) is 0.444. The van der Waals surface area contributed by atoms with Crippen LogP contribution in [0.2, 0.25) is 0 Å². The molecule has 2 aliphatic carbocycles. The summed E-state index contributed by atoms with van der Waals surface area (Å²) in [6.07, 6.45) is 5.46. The number of amides is 4. The maximum absolute atomic E-state index is 14.4. The number of hydrogen-bond donors (Lipinski definition) is 1. The van der Waals surface area contributed by atoms with Crippen LogP contribution in [0.4, 0.5) is 0 Å². The fourth-order valence-electron chi connectivity index (χ4n) is 9.12. The highest BCUT2D eigenvalue weighted by molar-refractivity contribution is 6.53. The fourth-order valence-corrected chi connectivity index (χ4v) is 10.2. The van der Waals surface area contributed by atoms with Crippen molar-refractivity contribution in [2.45, 2.75) is 54.4 Å². The maximum Gasteiger partial charge on any atom is 0.253 e. The Hall–Kier alpha value is -3.66. The van der Waals surface area contributed by atoms with E-state index in [2.05, 4.69) is 17.0 Å². The lowest BCUT2D eigenvalue weighted by atomic mass is 9.56. The van der Waals surface area contributed by atoms with Crippen LogP contribution in [0.5, 0.6) is 11.5 Å². The van der Waals surface area contributed by atoms with Gasteiger partial charge in [-0.1, -0.05) is 42.0 Å². The number of phenols is 1. The molecule has 0 aromatic heterocycles. The van der Waals surface area contributed by atoms with Gasteiger partial charge >= 0.3 is 0 Å². The summed E-state index contributed by atoms with van der Waals surface area (Å²) in [6, 6.07) is 14.8. The molecule has 4 fully saturated rings. The van der Waals surface area contributed by atoms with Crippen molar-refractivity contribution in [3.8, 4) is 11.5 Å². The van der Waals surface area contributed by atoms with Crippen molar-refractivity contribution in [2.24, 2.45) is 23.7 Å². The SMILES string of the molecule is CN1C(=O)[C@]2(Cl)C[C@@H]3C(=CC[C@@H]4C(=O)N(C5CCN(Cc6ccccc6)CC5)C(=O)[C@@H]43)[C@H](C3=COc4ccc(O)cc4C3)[C@]2(Cl)C1=O. The average molecular weight is 677 g/mol. The van der Waals surface area contributed by atoms with Crippen LogP contribution in [-0.2, 0) is 32.1 Å². The van der Waals surface area contributed by atoms with Gasteiger partial charge in [-0.2, -0.15) is 0 Å². The third-order valence-electron chi connectivity index (χ3n) is 11.4. The van der Waals surface area contributed by atoms with Crippen molar-refractivity contribution in [1.82, 2.24) is 14.7 Å². The Morgan fingerprint density at radius 2 is 1.70 bits per heavy atom. The van der Waals surface area contributed by atoms with Gasteiger partial charge in [-0.15, -0.1) is 23.2 Å². The topological polar surface area (TPSA) is 107 Å². The number of rotatable bonds is 4. The van der Waals surface area contributed by atoms with Crippen LogP contribution in [0.3, 0.4) is 0 Å². The molecule has 1 N–H and O–H groups in total. The first-order chi connectivity index (χ1) is 22.5. The number of nitrogens with zero attached hydrogens (tertiary/aromatic N) is 3. The zero-order valence-corrected chi connectivity index (χ0v) is 27.4. The van der Waals surface area contributed by atoms with Crippen LogP contribution >= 0.6 is 23.2 Å². The summed E-state index contributed by atoms with van der Waals surface area (Å²) < 4.78 is 5.96. The predicted octanol–water partition coefficient (Wildman–Crippen LogP) is 4.40. The third kappa shape index (κ3) is 4.39.